The first kappa shape index (κ1) is 13.1. The fraction of sp³-hybridized carbons (Fsp3) is 0.583. The normalized spacial score (nSPS) is 19.9. The number of halogens is 1. The monoisotopic (exact) mass is 266 g/mol. The van der Waals surface area contributed by atoms with E-state index in [1.165, 1.54) is 6.33 Å². The summed E-state index contributed by atoms with van der Waals surface area (Å²) in [7, 11) is 0. The lowest BCUT2D eigenvalue weighted by atomic mass is 10.1. The number of anilines is 1. The number of hydrogen-bond acceptors (Lipinski definition) is 5. The summed E-state index contributed by atoms with van der Waals surface area (Å²) in [5.41, 5.74) is 0.928. The summed E-state index contributed by atoms with van der Waals surface area (Å²) in [5, 5.41) is 9.41. The minimum atomic E-state index is -0.410. The van der Waals surface area contributed by atoms with Crippen LogP contribution in [0.5, 0.6) is 0 Å². The van der Waals surface area contributed by atoms with Gasteiger partial charge in [0.1, 0.15) is 17.3 Å². The van der Waals surface area contributed by atoms with Gasteiger partial charge in [0.15, 0.2) is 6.10 Å². The average molecular weight is 267 g/mol. The van der Waals surface area contributed by atoms with Crippen LogP contribution in [0, 0.1) is 11.3 Å². The van der Waals surface area contributed by atoms with Gasteiger partial charge in [0, 0.05) is 12.1 Å². The molecule has 0 bridgehead atoms. The largest absolute Gasteiger partial charge is 0.360 e. The van der Waals surface area contributed by atoms with Crippen LogP contribution < -0.4 is 4.90 Å². The van der Waals surface area contributed by atoms with Crippen LogP contribution in [0.15, 0.2) is 6.33 Å². The lowest BCUT2D eigenvalue weighted by Crippen LogP contribution is -2.42. The van der Waals surface area contributed by atoms with Gasteiger partial charge in [-0.05, 0) is 5.92 Å². The van der Waals surface area contributed by atoms with Crippen molar-refractivity contribution >= 4 is 17.4 Å². The second-order valence-corrected chi connectivity index (χ2v) is 4.85. The van der Waals surface area contributed by atoms with Crippen molar-refractivity contribution in [3.8, 4) is 6.07 Å². The van der Waals surface area contributed by atoms with Crippen LogP contribution in [-0.4, -0.2) is 35.8 Å². The Kier molecular flexibility index (Phi) is 4.00. The molecule has 1 unspecified atom stereocenters. The third kappa shape index (κ3) is 2.55. The standard InChI is InChI=1S/C12H15ClN4O/c1-8(2)10-11(13)15-7-16-12(10)17-3-4-18-9(5-14)6-17/h7-9H,3-4,6H2,1-2H3. The minimum Gasteiger partial charge on any atom is -0.360 e. The molecule has 18 heavy (non-hydrogen) atoms. The maximum Gasteiger partial charge on any atom is 0.161 e. The predicted octanol–water partition coefficient (Wildman–Crippen LogP) is 1.98. The molecule has 0 radical (unpaired) electrons. The number of aromatic nitrogens is 2. The Hall–Kier alpha value is -1.38. The third-order valence-corrected chi connectivity index (χ3v) is 3.20. The summed E-state index contributed by atoms with van der Waals surface area (Å²) < 4.78 is 5.33. The van der Waals surface area contributed by atoms with Crippen LogP contribution in [-0.2, 0) is 4.74 Å². The highest BCUT2D eigenvalue weighted by molar-refractivity contribution is 6.30. The molecule has 0 amide bonds. The molecule has 0 aromatic carbocycles. The lowest BCUT2D eigenvalue weighted by molar-refractivity contribution is 0.0760. The molecular weight excluding hydrogens is 252 g/mol. The number of rotatable bonds is 2. The van der Waals surface area contributed by atoms with E-state index in [4.69, 9.17) is 21.6 Å². The Bertz CT molecular complexity index is 472. The van der Waals surface area contributed by atoms with Gasteiger partial charge in [-0.1, -0.05) is 25.4 Å². The van der Waals surface area contributed by atoms with Crippen LogP contribution in [0.4, 0.5) is 5.82 Å². The summed E-state index contributed by atoms with van der Waals surface area (Å²) in [5.74, 6) is 1.05. The maximum absolute atomic E-state index is 8.93. The summed E-state index contributed by atoms with van der Waals surface area (Å²) >= 11 is 6.14. The predicted molar refractivity (Wildman–Crippen MR) is 68.7 cm³/mol. The number of hydrogen-bond donors (Lipinski definition) is 0. The molecule has 1 aromatic heterocycles. The second-order valence-electron chi connectivity index (χ2n) is 4.49. The SMILES string of the molecule is CC(C)c1c(Cl)ncnc1N1CCOC(C#N)C1. The van der Waals surface area contributed by atoms with E-state index in [-0.39, 0.29) is 5.92 Å². The van der Waals surface area contributed by atoms with Gasteiger partial charge >= 0.3 is 0 Å². The third-order valence-electron chi connectivity index (χ3n) is 2.90. The van der Waals surface area contributed by atoms with Crippen molar-refractivity contribution in [2.24, 2.45) is 0 Å². The number of nitriles is 1. The summed E-state index contributed by atoms with van der Waals surface area (Å²) in [6.45, 7) is 5.86. The highest BCUT2D eigenvalue weighted by Gasteiger charge is 2.25. The van der Waals surface area contributed by atoms with E-state index >= 15 is 0 Å². The molecule has 1 aromatic rings. The molecule has 6 heteroatoms. The highest BCUT2D eigenvalue weighted by Crippen LogP contribution is 2.31. The average Bonchev–Trinajstić information content (AvgIpc) is 2.38. The van der Waals surface area contributed by atoms with Crippen LogP contribution >= 0.6 is 11.6 Å². The van der Waals surface area contributed by atoms with Crippen molar-refractivity contribution < 1.29 is 4.74 Å². The molecule has 2 rings (SSSR count). The van der Waals surface area contributed by atoms with E-state index in [1.54, 1.807) is 0 Å². The molecule has 96 valence electrons. The molecule has 1 fully saturated rings. The fourth-order valence-corrected chi connectivity index (χ4v) is 2.38. The Morgan fingerprint density at radius 3 is 3.00 bits per heavy atom. The highest BCUT2D eigenvalue weighted by atomic mass is 35.5. The molecule has 0 N–H and O–H groups in total. The molecule has 1 aliphatic heterocycles. The van der Waals surface area contributed by atoms with Crippen LogP contribution in [0.1, 0.15) is 25.3 Å². The summed E-state index contributed by atoms with van der Waals surface area (Å²) in [6.07, 6.45) is 1.05. The molecule has 1 atom stereocenters. The van der Waals surface area contributed by atoms with Crippen LogP contribution in [0.3, 0.4) is 0 Å². The van der Waals surface area contributed by atoms with Gasteiger partial charge in [-0.25, -0.2) is 9.97 Å². The van der Waals surface area contributed by atoms with Gasteiger partial charge in [0.05, 0.1) is 19.2 Å². The molecule has 2 heterocycles. The van der Waals surface area contributed by atoms with Crippen molar-refractivity contribution in [3.05, 3.63) is 17.0 Å². The first-order chi connectivity index (χ1) is 8.63. The van der Waals surface area contributed by atoms with Gasteiger partial charge in [0.2, 0.25) is 0 Å². The Labute approximate surface area is 111 Å². The zero-order valence-electron chi connectivity index (χ0n) is 10.4. The van der Waals surface area contributed by atoms with E-state index in [0.29, 0.717) is 24.8 Å². The number of ether oxygens (including phenoxy) is 1. The van der Waals surface area contributed by atoms with Crippen molar-refractivity contribution in [2.75, 3.05) is 24.6 Å². The second kappa shape index (κ2) is 5.51. The van der Waals surface area contributed by atoms with Gasteiger partial charge < -0.3 is 9.64 Å². The van der Waals surface area contributed by atoms with E-state index in [2.05, 4.69) is 29.9 Å². The first-order valence-corrected chi connectivity index (χ1v) is 6.27. The van der Waals surface area contributed by atoms with Gasteiger partial charge in [-0.15, -0.1) is 0 Å². The van der Waals surface area contributed by atoms with Crippen molar-refractivity contribution in [1.82, 2.24) is 9.97 Å². The van der Waals surface area contributed by atoms with E-state index in [9.17, 15) is 0 Å². The molecule has 0 aliphatic carbocycles. The Morgan fingerprint density at radius 2 is 2.33 bits per heavy atom. The first-order valence-electron chi connectivity index (χ1n) is 5.90. The lowest BCUT2D eigenvalue weighted by Gasteiger charge is -2.32. The topological polar surface area (TPSA) is 62.0 Å². The zero-order chi connectivity index (χ0) is 13.1. The Morgan fingerprint density at radius 1 is 1.56 bits per heavy atom. The number of morpholine rings is 1. The summed E-state index contributed by atoms with van der Waals surface area (Å²) in [6, 6.07) is 2.13. The minimum absolute atomic E-state index is 0.233. The van der Waals surface area contributed by atoms with Crippen molar-refractivity contribution in [1.29, 1.82) is 5.26 Å². The quantitative estimate of drug-likeness (QED) is 0.766. The van der Waals surface area contributed by atoms with Crippen LogP contribution in [0.25, 0.3) is 0 Å². The van der Waals surface area contributed by atoms with E-state index in [1.807, 2.05) is 4.90 Å². The maximum atomic E-state index is 8.93. The molecule has 0 spiro atoms. The van der Waals surface area contributed by atoms with Gasteiger partial charge in [-0.3, -0.25) is 0 Å². The van der Waals surface area contributed by atoms with Gasteiger partial charge in [0.25, 0.3) is 0 Å². The number of nitrogens with zero attached hydrogens (tertiary/aromatic N) is 4. The zero-order valence-corrected chi connectivity index (χ0v) is 11.2. The van der Waals surface area contributed by atoms with Crippen LogP contribution in [0.2, 0.25) is 5.15 Å². The van der Waals surface area contributed by atoms with Gasteiger partial charge in [-0.2, -0.15) is 5.26 Å². The Balaban J connectivity index is 2.33. The van der Waals surface area contributed by atoms with E-state index < -0.39 is 6.10 Å². The van der Waals surface area contributed by atoms with Crippen molar-refractivity contribution in [2.45, 2.75) is 25.9 Å². The smallest absolute Gasteiger partial charge is 0.161 e. The molecular formula is C12H15ClN4O. The molecule has 1 saturated heterocycles. The molecule has 5 nitrogen and oxygen atoms in total. The summed E-state index contributed by atoms with van der Waals surface area (Å²) in [4.78, 5) is 10.4. The molecule has 1 aliphatic rings. The fourth-order valence-electron chi connectivity index (χ4n) is 2.03. The molecule has 0 saturated carbocycles. The van der Waals surface area contributed by atoms with E-state index in [0.717, 1.165) is 11.4 Å². The van der Waals surface area contributed by atoms with Crippen molar-refractivity contribution in [3.63, 3.8) is 0 Å².